The number of nitrogens with one attached hydrogen (secondary N) is 1. The molecule has 2 aliphatic rings. The third kappa shape index (κ3) is 3.82. The summed E-state index contributed by atoms with van der Waals surface area (Å²) in [7, 11) is 0. The Morgan fingerprint density at radius 2 is 1.77 bits per heavy atom. The Bertz CT molecular complexity index is 805. The fourth-order valence-corrected chi connectivity index (χ4v) is 3.51. The SMILES string of the molecule is O=C(NC1CC1)C1CCN(C(=O)c2cnn(-c3ccc(Br)cc3)c2)CC1. The fraction of sp³-hybridized carbons (Fsp3) is 0.421. The zero-order valence-electron chi connectivity index (χ0n) is 14.4. The van der Waals surface area contributed by atoms with Gasteiger partial charge in [-0.05, 0) is 49.9 Å². The van der Waals surface area contributed by atoms with E-state index in [-0.39, 0.29) is 17.7 Å². The molecule has 0 spiro atoms. The van der Waals surface area contributed by atoms with Gasteiger partial charge in [-0.1, -0.05) is 15.9 Å². The largest absolute Gasteiger partial charge is 0.353 e. The van der Waals surface area contributed by atoms with E-state index < -0.39 is 0 Å². The van der Waals surface area contributed by atoms with E-state index >= 15 is 0 Å². The topological polar surface area (TPSA) is 67.2 Å². The lowest BCUT2D eigenvalue weighted by Crippen LogP contribution is -2.43. The Morgan fingerprint density at radius 3 is 2.42 bits per heavy atom. The van der Waals surface area contributed by atoms with Gasteiger partial charge in [-0.15, -0.1) is 0 Å². The summed E-state index contributed by atoms with van der Waals surface area (Å²) in [5.41, 5.74) is 1.48. The summed E-state index contributed by atoms with van der Waals surface area (Å²) >= 11 is 3.41. The molecule has 6 nitrogen and oxygen atoms in total. The molecule has 1 saturated heterocycles. The molecule has 1 aromatic heterocycles. The Labute approximate surface area is 160 Å². The van der Waals surface area contributed by atoms with Crippen LogP contribution >= 0.6 is 15.9 Å². The van der Waals surface area contributed by atoms with Crippen molar-refractivity contribution in [3.05, 3.63) is 46.7 Å². The van der Waals surface area contributed by atoms with Gasteiger partial charge < -0.3 is 10.2 Å². The minimum atomic E-state index is -0.0191. The third-order valence-corrected chi connectivity index (χ3v) is 5.53. The first kappa shape index (κ1) is 17.3. The Hall–Kier alpha value is -2.15. The predicted molar refractivity (Wildman–Crippen MR) is 101 cm³/mol. The van der Waals surface area contributed by atoms with Crippen molar-refractivity contribution < 1.29 is 9.59 Å². The van der Waals surface area contributed by atoms with E-state index in [0.717, 1.165) is 35.8 Å². The van der Waals surface area contributed by atoms with Crippen LogP contribution in [0, 0.1) is 5.92 Å². The van der Waals surface area contributed by atoms with Gasteiger partial charge in [0, 0.05) is 35.7 Å². The minimum absolute atomic E-state index is 0.0191. The number of carbonyl (C=O) groups is 2. The first-order valence-electron chi connectivity index (χ1n) is 9.00. The molecule has 4 rings (SSSR count). The molecule has 136 valence electrons. The molecule has 2 heterocycles. The molecule has 1 aliphatic heterocycles. The van der Waals surface area contributed by atoms with E-state index in [1.165, 1.54) is 0 Å². The molecule has 1 aliphatic carbocycles. The highest BCUT2D eigenvalue weighted by Crippen LogP contribution is 2.23. The number of benzene rings is 1. The van der Waals surface area contributed by atoms with Gasteiger partial charge in [0.2, 0.25) is 5.91 Å². The van der Waals surface area contributed by atoms with Crippen molar-refractivity contribution in [2.75, 3.05) is 13.1 Å². The Kier molecular flexibility index (Phi) is 4.80. The molecule has 0 unspecified atom stereocenters. The highest BCUT2D eigenvalue weighted by molar-refractivity contribution is 9.10. The first-order valence-corrected chi connectivity index (χ1v) is 9.80. The van der Waals surface area contributed by atoms with Crippen LogP contribution in [0.4, 0.5) is 0 Å². The summed E-state index contributed by atoms with van der Waals surface area (Å²) in [5, 5.41) is 7.37. The monoisotopic (exact) mass is 416 g/mol. The molecular formula is C19H21BrN4O2. The number of amides is 2. The van der Waals surface area contributed by atoms with Crippen molar-refractivity contribution >= 4 is 27.7 Å². The first-order chi connectivity index (χ1) is 12.6. The maximum atomic E-state index is 12.7. The molecule has 1 N–H and O–H groups in total. The summed E-state index contributed by atoms with van der Waals surface area (Å²) in [4.78, 5) is 26.7. The van der Waals surface area contributed by atoms with E-state index in [4.69, 9.17) is 0 Å². The molecule has 7 heteroatoms. The smallest absolute Gasteiger partial charge is 0.257 e. The van der Waals surface area contributed by atoms with Crippen LogP contribution in [0.3, 0.4) is 0 Å². The summed E-state index contributed by atoms with van der Waals surface area (Å²) < 4.78 is 2.70. The highest BCUT2D eigenvalue weighted by atomic mass is 79.9. The van der Waals surface area contributed by atoms with Crippen molar-refractivity contribution in [2.24, 2.45) is 5.92 Å². The summed E-state index contributed by atoms with van der Waals surface area (Å²) in [6, 6.07) is 8.16. The van der Waals surface area contributed by atoms with Crippen molar-refractivity contribution in [3.8, 4) is 5.69 Å². The van der Waals surface area contributed by atoms with Crippen LogP contribution in [-0.4, -0.2) is 45.6 Å². The Morgan fingerprint density at radius 1 is 1.08 bits per heavy atom. The standard InChI is InChI=1S/C19H21BrN4O2/c20-15-1-5-17(6-2-15)24-12-14(11-21-24)19(26)23-9-7-13(8-10-23)18(25)22-16-3-4-16/h1-2,5-6,11-13,16H,3-4,7-10H2,(H,22,25). The third-order valence-electron chi connectivity index (χ3n) is 5.00. The number of aromatic nitrogens is 2. The van der Waals surface area contributed by atoms with Gasteiger partial charge in [0.15, 0.2) is 0 Å². The van der Waals surface area contributed by atoms with Crippen molar-refractivity contribution in [2.45, 2.75) is 31.7 Å². The molecule has 1 saturated carbocycles. The lowest BCUT2D eigenvalue weighted by Gasteiger charge is -2.31. The van der Waals surface area contributed by atoms with Crippen LogP contribution in [0.25, 0.3) is 5.69 Å². The van der Waals surface area contributed by atoms with Crippen LogP contribution in [-0.2, 0) is 4.79 Å². The number of carbonyl (C=O) groups excluding carboxylic acids is 2. The molecule has 2 aromatic rings. The van der Waals surface area contributed by atoms with Gasteiger partial charge in [0.25, 0.3) is 5.91 Å². The number of rotatable bonds is 4. The molecular weight excluding hydrogens is 396 g/mol. The summed E-state index contributed by atoms with van der Waals surface area (Å²) in [6.45, 7) is 1.23. The van der Waals surface area contributed by atoms with Crippen LogP contribution in [0.1, 0.15) is 36.0 Å². The van der Waals surface area contributed by atoms with Crippen molar-refractivity contribution in [1.82, 2.24) is 20.0 Å². The second-order valence-electron chi connectivity index (χ2n) is 7.00. The predicted octanol–water partition coefficient (Wildman–Crippen LogP) is 2.77. The zero-order chi connectivity index (χ0) is 18.1. The minimum Gasteiger partial charge on any atom is -0.353 e. The summed E-state index contributed by atoms with van der Waals surface area (Å²) in [5.74, 6) is 0.169. The summed E-state index contributed by atoms with van der Waals surface area (Å²) in [6.07, 6.45) is 7.03. The van der Waals surface area contributed by atoms with E-state index in [9.17, 15) is 9.59 Å². The molecule has 0 atom stereocenters. The average Bonchev–Trinajstić information content (AvgIpc) is 3.34. The molecule has 1 aromatic carbocycles. The van der Waals surface area contributed by atoms with Gasteiger partial charge in [0.05, 0.1) is 17.4 Å². The molecule has 0 radical (unpaired) electrons. The van der Waals surface area contributed by atoms with E-state index in [0.29, 0.717) is 24.7 Å². The molecule has 2 amide bonds. The maximum absolute atomic E-state index is 12.7. The van der Waals surface area contributed by atoms with Crippen LogP contribution in [0.5, 0.6) is 0 Å². The van der Waals surface area contributed by atoms with E-state index in [2.05, 4.69) is 26.3 Å². The molecule has 2 fully saturated rings. The number of piperidine rings is 1. The van der Waals surface area contributed by atoms with Gasteiger partial charge in [-0.2, -0.15) is 5.10 Å². The van der Waals surface area contributed by atoms with E-state index in [1.807, 2.05) is 29.2 Å². The lowest BCUT2D eigenvalue weighted by molar-refractivity contribution is -0.126. The number of hydrogen-bond donors (Lipinski definition) is 1. The molecule has 26 heavy (non-hydrogen) atoms. The lowest BCUT2D eigenvalue weighted by atomic mass is 9.95. The van der Waals surface area contributed by atoms with Gasteiger partial charge in [0.1, 0.15) is 0 Å². The maximum Gasteiger partial charge on any atom is 0.257 e. The van der Waals surface area contributed by atoms with Crippen LogP contribution < -0.4 is 5.32 Å². The normalized spacial score (nSPS) is 18.0. The van der Waals surface area contributed by atoms with Crippen LogP contribution in [0.15, 0.2) is 41.1 Å². The molecule has 0 bridgehead atoms. The Balaban J connectivity index is 1.36. The fourth-order valence-electron chi connectivity index (χ4n) is 3.24. The average molecular weight is 417 g/mol. The number of hydrogen-bond acceptors (Lipinski definition) is 3. The van der Waals surface area contributed by atoms with Gasteiger partial charge in [-0.25, -0.2) is 4.68 Å². The van der Waals surface area contributed by atoms with Gasteiger partial charge in [-0.3, -0.25) is 9.59 Å². The van der Waals surface area contributed by atoms with Crippen LogP contribution in [0.2, 0.25) is 0 Å². The van der Waals surface area contributed by atoms with Crippen molar-refractivity contribution in [1.29, 1.82) is 0 Å². The zero-order valence-corrected chi connectivity index (χ0v) is 16.0. The van der Waals surface area contributed by atoms with E-state index in [1.54, 1.807) is 17.1 Å². The number of halogens is 1. The quantitative estimate of drug-likeness (QED) is 0.832. The number of likely N-dealkylation sites (tertiary alicyclic amines) is 1. The highest BCUT2D eigenvalue weighted by Gasteiger charge is 2.31. The second kappa shape index (κ2) is 7.23. The number of nitrogens with zero attached hydrogens (tertiary/aromatic N) is 3. The van der Waals surface area contributed by atoms with Gasteiger partial charge >= 0.3 is 0 Å². The van der Waals surface area contributed by atoms with Crippen molar-refractivity contribution in [3.63, 3.8) is 0 Å². The second-order valence-corrected chi connectivity index (χ2v) is 7.92.